The van der Waals surface area contributed by atoms with E-state index in [2.05, 4.69) is 20.8 Å². The molecule has 1 N–H and O–H groups in total. The minimum absolute atomic E-state index is 0.00931. The lowest BCUT2D eigenvalue weighted by Crippen LogP contribution is -2.40. The van der Waals surface area contributed by atoms with Crippen molar-refractivity contribution in [1.29, 1.82) is 0 Å². The Morgan fingerprint density at radius 3 is 2.53 bits per heavy atom. The molecule has 0 aromatic carbocycles. The van der Waals surface area contributed by atoms with Crippen LogP contribution >= 0.6 is 0 Å². The van der Waals surface area contributed by atoms with Crippen LogP contribution in [0.2, 0.25) is 0 Å². The van der Waals surface area contributed by atoms with Crippen molar-refractivity contribution in [3.05, 3.63) is 0 Å². The van der Waals surface area contributed by atoms with Crippen LogP contribution in [0.3, 0.4) is 0 Å². The highest BCUT2D eigenvalue weighted by Crippen LogP contribution is 2.66. The zero-order chi connectivity index (χ0) is 12.8. The van der Waals surface area contributed by atoms with E-state index in [4.69, 9.17) is 4.74 Å². The van der Waals surface area contributed by atoms with Gasteiger partial charge >= 0.3 is 5.97 Å². The summed E-state index contributed by atoms with van der Waals surface area (Å²) in [5.41, 5.74) is 0.329. The number of ether oxygens (including phenoxy) is 1. The Bertz CT molecular complexity index is 323. The van der Waals surface area contributed by atoms with Gasteiger partial charge in [-0.25, -0.2) is 4.79 Å². The van der Waals surface area contributed by atoms with Crippen LogP contribution in [-0.2, 0) is 9.53 Å². The van der Waals surface area contributed by atoms with Gasteiger partial charge in [-0.15, -0.1) is 0 Å². The van der Waals surface area contributed by atoms with E-state index in [1.807, 2.05) is 0 Å². The van der Waals surface area contributed by atoms with Gasteiger partial charge in [0.2, 0.25) is 0 Å². The predicted octanol–water partition coefficient (Wildman–Crippen LogP) is 2.52. The molecule has 2 aliphatic carbocycles. The van der Waals surface area contributed by atoms with Gasteiger partial charge < -0.3 is 9.84 Å². The summed E-state index contributed by atoms with van der Waals surface area (Å²) in [5, 5.41) is 9.50. The van der Waals surface area contributed by atoms with Crippen LogP contribution in [0.1, 0.15) is 53.4 Å². The maximum absolute atomic E-state index is 11.7. The van der Waals surface area contributed by atoms with Gasteiger partial charge in [-0.3, -0.25) is 0 Å². The molecule has 0 amide bonds. The smallest absolute Gasteiger partial charge is 0.335 e. The molecule has 2 rings (SSSR count). The Hall–Kier alpha value is -0.570. The highest BCUT2D eigenvalue weighted by atomic mass is 16.6. The predicted molar refractivity (Wildman–Crippen MR) is 65.4 cm³/mol. The fraction of sp³-hybridized carbons (Fsp3) is 0.929. The van der Waals surface area contributed by atoms with Gasteiger partial charge in [-0.2, -0.15) is 0 Å². The molecule has 2 aliphatic rings. The number of esters is 1. The zero-order valence-corrected chi connectivity index (χ0v) is 11.3. The molecule has 2 saturated carbocycles. The lowest BCUT2D eigenvalue weighted by atomic mass is 9.70. The summed E-state index contributed by atoms with van der Waals surface area (Å²) in [5.74, 6) is 0.214. The molecule has 0 heterocycles. The van der Waals surface area contributed by atoms with E-state index in [1.54, 1.807) is 6.92 Å². The van der Waals surface area contributed by atoms with Gasteiger partial charge in [0.25, 0.3) is 0 Å². The minimum Gasteiger partial charge on any atom is -0.460 e. The molecule has 0 spiro atoms. The third-order valence-corrected chi connectivity index (χ3v) is 5.63. The first-order valence-corrected chi connectivity index (χ1v) is 6.71. The largest absolute Gasteiger partial charge is 0.460 e. The topological polar surface area (TPSA) is 46.5 Å². The van der Waals surface area contributed by atoms with Crippen LogP contribution < -0.4 is 0 Å². The Balaban J connectivity index is 2.08. The molecule has 0 radical (unpaired) electrons. The number of rotatable bonds is 3. The highest BCUT2D eigenvalue weighted by Gasteiger charge is 2.62. The van der Waals surface area contributed by atoms with Gasteiger partial charge in [0, 0.05) is 5.41 Å². The molecule has 0 saturated heterocycles. The van der Waals surface area contributed by atoms with Gasteiger partial charge in [-0.05, 0) is 37.0 Å². The first-order chi connectivity index (χ1) is 7.83. The molecule has 2 fully saturated rings. The van der Waals surface area contributed by atoms with Crippen molar-refractivity contribution in [2.75, 3.05) is 0 Å². The number of hydrogen-bond acceptors (Lipinski definition) is 3. The molecule has 3 heteroatoms. The molecule has 3 nitrogen and oxygen atoms in total. The van der Waals surface area contributed by atoms with Crippen LogP contribution in [0.5, 0.6) is 0 Å². The third-order valence-electron chi connectivity index (χ3n) is 5.63. The quantitative estimate of drug-likeness (QED) is 0.771. The van der Waals surface area contributed by atoms with Crippen molar-refractivity contribution in [3.8, 4) is 0 Å². The number of carbonyl (C=O) groups is 1. The number of hydrogen-bond donors (Lipinski definition) is 1. The van der Waals surface area contributed by atoms with E-state index in [-0.39, 0.29) is 16.9 Å². The van der Waals surface area contributed by atoms with Crippen molar-refractivity contribution >= 4 is 5.97 Å². The molecule has 2 bridgehead atoms. The van der Waals surface area contributed by atoms with Crippen molar-refractivity contribution in [2.24, 2.45) is 16.7 Å². The van der Waals surface area contributed by atoms with E-state index in [1.165, 1.54) is 6.42 Å². The maximum Gasteiger partial charge on any atom is 0.335 e. The van der Waals surface area contributed by atoms with E-state index >= 15 is 0 Å². The lowest BCUT2D eigenvalue weighted by Gasteiger charge is -2.38. The molecular weight excluding hydrogens is 216 g/mol. The van der Waals surface area contributed by atoms with Gasteiger partial charge in [0.05, 0.1) is 0 Å². The summed E-state index contributed by atoms with van der Waals surface area (Å²) in [6, 6.07) is 0. The molecule has 0 aromatic heterocycles. The first-order valence-electron chi connectivity index (χ1n) is 6.71. The van der Waals surface area contributed by atoms with Gasteiger partial charge in [-0.1, -0.05) is 27.7 Å². The SMILES string of the molecule is CCC(O)C(=O)O[C@H]1C[C@H]2CC[C@@]1(C)C2(C)C. The third kappa shape index (κ3) is 1.70. The normalized spacial score (nSPS) is 40.3. The average molecular weight is 240 g/mol. The lowest BCUT2D eigenvalue weighted by molar-refractivity contribution is -0.166. The summed E-state index contributed by atoms with van der Waals surface area (Å²) < 4.78 is 5.55. The molecule has 98 valence electrons. The van der Waals surface area contributed by atoms with E-state index in [9.17, 15) is 9.90 Å². The second-order valence-electron chi connectivity index (χ2n) is 6.46. The van der Waals surface area contributed by atoms with Crippen LogP contribution in [0, 0.1) is 16.7 Å². The molecule has 0 aromatic rings. The van der Waals surface area contributed by atoms with Crippen molar-refractivity contribution in [1.82, 2.24) is 0 Å². The second-order valence-corrected chi connectivity index (χ2v) is 6.46. The van der Waals surface area contributed by atoms with Crippen LogP contribution in [0.15, 0.2) is 0 Å². The molecule has 0 aliphatic heterocycles. The Morgan fingerprint density at radius 2 is 2.12 bits per heavy atom. The Morgan fingerprint density at radius 1 is 1.47 bits per heavy atom. The number of aliphatic hydroxyl groups excluding tert-OH is 1. The maximum atomic E-state index is 11.7. The summed E-state index contributed by atoms with van der Waals surface area (Å²) in [6.45, 7) is 8.60. The first kappa shape index (κ1) is 12.9. The van der Waals surface area contributed by atoms with Gasteiger partial charge in [0.15, 0.2) is 6.10 Å². The second kappa shape index (κ2) is 3.98. The van der Waals surface area contributed by atoms with Crippen molar-refractivity contribution in [3.63, 3.8) is 0 Å². The number of aliphatic hydroxyl groups is 1. The Kier molecular flexibility index (Phi) is 3.01. The highest BCUT2D eigenvalue weighted by molar-refractivity contribution is 5.74. The summed E-state index contributed by atoms with van der Waals surface area (Å²) in [7, 11) is 0. The standard InChI is InChI=1S/C14H24O3/c1-5-10(15)12(16)17-11-8-9-6-7-14(11,4)13(9,2)3/h9-11,15H,5-8H2,1-4H3/t9-,10?,11+,14-/m1/s1. The van der Waals surface area contributed by atoms with Crippen molar-refractivity contribution in [2.45, 2.75) is 65.6 Å². The van der Waals surface area contributed by atoms with Crippen molar-refractivity contribution < 1.29 is 14.6 Å². The molecular formula is C14H24O3. The minimum atomic E-state index is -0.958. The van der Waals surface area contributed by atoms with Crippen LogP contribution in [0.4, 0.5) is 0 Å². The van der Waals surface area contributed by atoms with Crippen LogP contribution in [-0.4, -0.2) is 23.3 Å². The molecule has 4 atom stereocenters. The number of carbonyl (C=O) groups excluding carboxylic acids is 1. The van der Waals surface area contributed by atoms with E-state index in [0.29, 0.717) is 12.3 Å². The van der Waals surface area contributed by atoms with Gasteiger partial charge in [0.1, 0.15) is 6.10 Å². The monoisotopic (exact) mass is 240 g/mol. The fourth-order valence-electron chi connectivity index (χ4n) is 3.69. The van der Waals surface area contributed by atoms with E-state index in [0.717, 1.165) is 12.8 Å². The summed E-state index contributed by atoms with van der Waals surface area (Å²) >= 11 is 0. The fourth-order valence-corrected chi connectivity index (χ4v) is 3.69. The summed E-state index contributed by atoms with van der Waals surface area (Å²) in [6.07, 6.45) is 2.80. The number of fused-ring (bicyclic) bond motifs is 2. The average Bonchev–Trinajstić information content (AvgIpc) is 2.60. The van der Waals surface area contributed by atoms with Crippen LogP contribution in [0.25, 0.3) is 0 Å². The molecule has 17 heavy (non-hydrogen) atoms. The zero-order valence-electron chi connectivity index (χ0n) is 11.3. The summed E-state index contributed by atoms with van der Waals surface area (Å²) in [4.78, 5) is 11.7. The Labute approximate surface area is 104 Å². The van der Waals surface area contributed by atoms with E-state index < -0.39 is 12.1 Å². The molecule has 1 unspecified atom stereocenters.